The summed E-state index contributed by atoms with van der Waals surface area (Å²) in [6.45, 7) is 0. The van der Waals surface area contributed by atoms with E-state index in [9.17, 15) is 9.18 Å². The third-order valence-electron chi connectivity index (χ3n) is 1.23. The van der Waals surface area contributed by atoms with Crippen LogP contribution in [-0.4, -0.2) is 21.0 Å². The Bertz CT molecular complexity index is 468. The predicted octanol–water partition coefficient (Wildman–Crippen LogP) is 1.29. The zero-order chi connectivity index (χ0) is 12.1. The van der Waals surface area contributed by atoms with Gasteiger partial charge in [-0.25, -0.2) is 14.8 Å². The van der Waals surface area contributed by atoms with Crippen LogP contribution in [0.4, 0.5) is 14.7 Å². The molecule has 2 aromatic rings. The summed E-state index contributed by atoms with van der Waals surface area (Å²) >= 11 is 1.81. The van der Waals surface area contributed by atoms with Gasteiger partial charge in [-0.2, -0.15) is 4.39 Å². The first-order valence-corrected chi connectivity index (χ1v) is 5.43. The number of hydrogen-bond donors (Lipinski definition) is 3. The highest BCUT2D eigenvalue weighted by molar-refractivity contribution is 7.17. The molecule has 2 aromatic heterocycles. The molecule has 0 bridgehead atoms. The van der Waals surface area contributed by atoms with Crippen LogP contribution in [0.2, 0.25) is 0 Å². The zero-order valence-electron chi connectivity index (χ0n) is 7.75. The second-order valence-corrected chi connectivity index (χ2v) is 4.45. The molecular formula is C7H7FN4O2S2. The first kappa shape index (κ1) is 12.3. The van der Waals surface area contributed by atoms with Gasteiger partial charge in [0.15, 0.2) is 15.4 Å². The van der Waals surface area contributed by atoms with Crippen molar-refractivity contribution >= 4 is 38.9 Å². The van der Waals surface area contributed by atoms with E-state index in [0.717, 1.165) is 28.9 Å². The number of halogens is 1. The van der Waals surface area contributed by atoms with Gasteiger partial charge in [-0.1, -0.05) is 22.7 Å². The minimum Gasteiger partial charge on any atom is -0.477 e. The molecule has 0 fully saturated rings. The third kappa shape index (κ3) is 3.79. The normalized spacial score (nSPS) is 9.31. The van der Waals surface area contributed by atoms with Crippen LogP contribution in [0.15, 0.2) is 12.4 Å². The van der Waals surface area contributed by atoms with Gasteiger partial charge >= 0.3 is 5.97 Å². The Balaban J connectivity index is 0.000000165. The maximum absolute atomic E-state index is 11.8. The number of carboxylic acids is 1. The van der Waals surface area contributed by atoms with Crippen molar-refractivity contribution in [1.82, 2.24) is 9.97 Å². The van der Waals surface area contributed by atoms with Crippen molar-refractivity contribution in [3.05, 3.63) is 22.4 Å². The molecule has 0 aromatic carbocycles. The number of nitrogens with two attached hydrogens (primary N) is 2. The van der Waals surface area contributed by atoms with E-state index in [2.05, 4.69) is 9.97 Å². The van der Waals surface area contributed by atoms with Gasteiger partial charge in [0, 0.05) is 0 Å². The maximum atomic E-state index is 11.8. The summed E-state index contributed by atoms with van der Waals surface area (Å²) < 4.78 is 11.8. The summed E-state index contributed by atoms with van der Waals surface area (Å²) in [5.74, 6) is -0.982. The molecule has 0 unspecified atom stereocenters. The van der Waals surface area contributed by atoms with Gasteiger partial charge in [-0.3, -0.25) is 0 Å². The summed E-state index contributed by atoms with van der Waals surface area (Å²) in [5, 5.41) is 8.54. The molecular weight excluding hydrogens is 255 g/mol. The number of hydrogen-bond acceptors (Lipinski definition) is 7. The minimum atomic E-state index is -0.982. The van der Waals surface area contributed by atoms with E-state index in [0.29, 0.717) is 0 Å². The number of carboxylic acid groups (broad SMARTS) is 1. The van der Waals surface area contributed by atoms with Gasteiger partial charge in [0.1, 0.15) is 4.88 Å². The molecule has 0 saturated heterocycles. The quantitative estimate of drug-likeness (QED) is 0.713. The van der Waals surface area contributed by atoms with Gasteiger partial charge in [-0.05, 0) is 0 Å². The van der Waals surface area contributed by atoms with Gasteiger partial charge in [-0.15, -0.1) is 0 Å². The van der Waals surface area contributed by atoms with Crippen molar-refractivity contribution in [2.75, 3.05) is 11.5 Å². The Kier molecular flexibility index (Phi) is 4.14. The van der Waals surface area contributed by atoms with E-state index in [1.807, 2.05) is 0 Å². The Morgan fingerprint density at radius 3 is 2.00 bits per heavy atom. The van der Waals surface area contributed by atoms with Gasteiger partial charge in [0.25, 0.3) is 0 Å². The van der Waals surface area contributed by atoms with Crippen LogP contribution >= 0.6 is 22.7 Å². The first-order valence-electron chi connectivity index (χ1n) is 3.80. The molecule has 9 heteroatoms. The van der Waals surface area contributed by atoms with E-state index >= 15 is 0 Å². The number of aromatic carboxylic acids is 1. The summed E-state index contributed by atoms with van der Waals surface area (Å²) in [4.78, 5) is 17.3. The summed E-state index contributed by atoms with van der Waals surface area (Å²) in [7, 11) is 0. The SMILES string of the molecule is Nc1ncc(C(=O)O)s1.Nc1ncc(F)s1. The number of nitrogens with zero attached hydrogens (tertiary/aromatic N) is 2. The third-order valence-corrected chi connectivity index (χ3v) is 2.66. The highest BCUT2D eigenvalue weighted by atomic mass is 32.1. The average molecular weight is 262 g/mol. The number of thiazole rings is 2. The zero-order valence-corrected chi connectivity index (χ0v) is 9.39. The molecule has 0 aliphatic heterocycles. The topological polar surface area (TPSA) is 115 Å². The number of carbonyl (C=O) groups is 1. The molecule has 5 N–H and O–H groups in total. The van der Waals surface area contributed by atoms with Crippen LogP contribution in [0.25, 0.3) is 0 Å². The number of nitrogen functional groups attached to an aromatic ring is 2. The lowest BCUT2D eigenvalue weighted by molar-refractivity contribution is 0.0702. The van der Waals surface area contributed by atoms with Crippen LogP contribution < -0.4 is 11.5 Å². The fraction of sp³-hybridized carbons (Fsp3) is 0. The number of aromatic nitrogens is 2. The molecule has 6 nitrogen and oxygen atoms in total. The molecule has 0 atom stereocenters. The Morgan fingerprint density at radius 1 is 1.25 bits per heavy atom. The summed E-state index contributed by atoms with van der Waals surface area (Å²) in [6.07, 6.45) is 2.34. The highest BCUT2D eigenvalue weighted by Gasteiger charge is 2.04. The van der Waals surface area contributed by atoms with E-state index in [1.54, 1.807) is 0 Å². The van der Waals surface area contributed by atoms with Crippen molar-refractivity contribution in [1.29, 1.82) is 0 Å². The van der Waals surface area contributed by atoms with Crippen molar-refractivity contribution in [2.24, 2.45) is 0 Å². The van der Waals surface area contributed by atoms with Crippen LogP contribution in [-0.2, 0) is 0 Å². The van der Waals surface area contributed by atoms with E-state index in [1.165, 1.54) is 6.20 Å². The number of anilines is 2. The predicted molar refractivity (Wildman–Crippen MR) is 60.0 cm³/mol. The lowest BCUT2D eigenvalue weighted by Gasteiger charge is -1.78. The van der Waals surface area contributed by atoms with Gasteiger partial charge < -0.3 is 16.6 Å². The highest BCUT2D eigenvalue weighted by Crippen LogP contribution is 2.13. The van der Waals surface area contributed by atoms with Crippen LogP contribution in [0.3, 0.4) is 0 Å². The second kappa shape index (κ2) is 5.37. The number of rotatable bonds is 1. The fourth-order valence-corrected chi connectivity index (χ4v) is 1.59. The minimum absolute atomic E-state index is 0.174. The molecule has 0 radical (unpaired) electrons. The Morgan fingerprint density at radius 2 is 1.81 bits per heavy atom. The standard InChI is InChI=1S/C4H4N2O2S.C3H3FN2S/c5-4-6-1-2(9-4)3(7)8;4-2-1-6-3(5)7-2/h1H,(H2,5,6)(H,7,8);1H,(H2,5,6). The van der Waals surface area contributed by atoms with Crippen molar-refractivity contribution < 1.29 is 14.3 Å². The Hall–Kier alpha value is -1.74. The Labute approximate surface area is 97.4 Å². The molecule has 0 aliphatic rings. The first-order chi connectivity index (χ1) is 7.49. The largest absolute Gasteiger partial charge is 0.477 e. The smallest absolute Gasteiger partial charge is 0.347 e. The van der Waals surface area contributed by atoms with E-state index in [4.69, 9.17) is 16.6 Å². The van der Waals surface area contributed by atoms with Gasteiger partial charge in [0.2, 0.25) is 0 Å². The van der Waals surface area contributed by atoms with Crippen molar-refractivity contribution in [2.45, 2.75) is 0 Å². The van der Waals surface area contributed by atoms with Gasteiger partial charge in [0.05, 0.1) is 12.4 Å². The lowest BCUT2D eigenvalue weighted by Crippen LogP contribution is -1.89. The molecule has 16 heavy (non-hydrogen) atoms. The molecule has 86 valence electrons. The molecule has 0 amide bonds. The molecule has 0 spiro atoms. The molecule has 2 rings (SSSR count). The monoisotopic (exact) mass is 262 g/mol. The van der Waals surface area contributed by atoms with E-state index in [-0.39, 0.29) is 20.3 Å². The average Bonchev–Trinajstić information content (AvgIpc) is 2.76. The maximum Gasteiger partial charge on any atom is 0.347 e. The summed E-state index contributed by atoms with van der Waals surface area (Å²) in [6, 6.07) is 0. The molecule has 0 saturated carbocycles. The molecule has 2 heterocycles. The van der Waals surface area contributed by atoms with Crippen molar-refractivity contribution in [3.63, 3.8) is 0 Å². The molecule has 0 aliphatic carbocycles. The lowest BCUT2D eigenvalue weighted by atomic mass is 10.6. The second-order valence-electron chi connectivity index (χ2n) is 2.37. The fourth-order valence-electron chi connectivity index (χ4n) is 0.653. The van der Waals surface area contributed by atoms with Crippen LogP contribution in [0, 0.1) is 5.13 Å². The van der Waals surface area contributed by atoms with Crippen LogP contribution in [0.5, 0.6) is 0 Å². The van der Waals surface area contributed by atoms with Crippen molar-refractivity contribution in [3.8, 4) is 0 Å². The van der Waals surface area contributed by atoms with Crippen LogP contribution in [0.1, 0.15) is 9.67 Å². The van der Waals surface area contributed by atoms with E-state index < -0.39 is 5.97 Å². The summed E-state index contributed by atoms with van der Waals surface area (Å²) in [5.41, 5.74) is 10.2.